The number of nitrogens with one attached hydrogen (secondary N) is 2. The van der Waals surface area contributed by atoms with E-state index in [-0.39, 0.29) is 24.3 Å². The van der Waals surface area contributed by atoms with Crippen LogP contribution in [0.2, 0.25) is 0 Å². The Balaban J connectivity index is 1.27. The minimum Gasteiger partial charge on any atom is -0.380 e. The summed E-state index contributed by atoms with van der Waals surface area (Å²) in [5.74, 6) is 0.0711. The molecule has 1 aromatic heterocycles. The molecule has 4 N–H and O–H groups in total. The molecule has 4 heterocycles. The van der Waals surface area contributed by atoms with Crippen molar-refractivity contribution in [1.29, 1.82) is 0 Å². The highest BCUT2D eigenvalue weighted by atomic mass is 16.2. The Morgan fingerprint density at radius 2 is 2.00 bits per heavy atom. The summed E-state index contributed by atoms with van der Waals surface area (Å²) in [6.07, 6.45) is 2.40. The SMILES string of the molecule is NC1CN(c2ccc(NCc3cccc4c3CN(C3CCC(=O)NC3=O)C4=O)cn2)C1. The smallest absolute Gasteiger partial charge is 0.255 e. The standard InChI is InChI=1S/C22H24N6O3/c23-14-10-27(11-14)19-6-4-15(9-25-19)24-8-13-2-1-3-16-17(13)12-28(22(16)31)18-5-7-20(29)26-21(18)30/h1-4,6,9,14,18,24H,5,7-8,10-12,23H2,(H,26,29,30). The molecule has 31 heavy (non-hydrogen) atoms. The topological polar surface area (TPSA) is 121 Å². The molecule has 0 spiro atoms. The largest absolute Gasteiger partial charge is 0.380 e. The Labute approximate surface area is 179 Å². The number of hydrogen-bond acceptors (Lipinski definition) is 7. The highest BCUT2D eigenvalue weighted by Gasteiger charge is 2.39. The summed E-state index contributed by atoms with van der Waals surface area (Å²) in [6, 6.07) is 9.20. The maximum Gasteiger partial charge on any atom is 0.255 e. The normalized spacial score (nSPS) is 21.1. The van der Waals surface area contributed by atoms with Crippen molar-refractivity contribution in [2.24, 2.45) is 5.73 Å². The van der Waals surface area contributed by atoms with Gasteiger partial charge >= 0.3 is 0 Å². The number of anilines is 2. The Bertz CT molecular complexity index is 1050. The number of benzene rings is 1. The van der Waals surface area contributed by atoms with E-state index in [1.165, 1.54) is 0 Å². The molecule has 3 amide bonds. The number of rotatable bonds is 5. The number of hydrogen-bond donors (Lipinski definition) is 3. The van der Waals surface area contributed by atoms with E-state index in [4.69, 9.17) is 5.73 Å². The van der Waals surface area contributed by atoms with Crippen LogP contribution in [0.15, 0.2) is 36.5 Å². The van der Waals surface area contributed by atoms with Gasteiger partial charge in [-0.05, 0) is 35.7 Å². The Morgan fingerprint density at radius 1 is 1.16 bits per heavy atom. The molecular weight excluding hydrogens is 396 g/mol. The first-order chi connectivity index (χ1) is 15.0. The molecule has 3 aliphatic heterocycles. The lowest BCUT2D eigenvalue weighted by molar-refractivity contribution is -0.136. The number of carbonyl (C=O) groups excluding carboxylic acids is 3. The van der Waals surface area contributed by atoms with Crippen LogP contribution in [0.3, 0.4) is 0 Å². The van der Waals surface area contributed by atoms with Gasteiger partial charge in [0.15, 0.2) is 0 Å². The molecule has 0 saturated carbocycles. The molecule has 0 bridgehead atoms. The van der Waals surface area contributed by atoms with E-state index in [1.807, 2.05) is 24.3 Å². The van der Waals surface area contributed by atoms with E-state index >= 15 is 0 Å². The summed E-state index contributed by atoms with van der Waals surface area (Å²) in [4.78, 5) is 44.8. The lowest BCUT2D eigenvalue weighted by Crippen LogP contribution is -2.56. The first-order valence-electron chi connectivity index (χ1n) is 10.5. The molecule has 0 aliphatic carbocycles. The highest BCUT2D eigenvalue weighted by Crippen LogP contribution is 2.30. The van der Waals surface area contributed by atoms with Crippen molar-refractivity contribution in [2.45, 2.75) is 38.0 Å². The number of amides is 3. The van der Waals surface area contributed by atoms with Crippen LogP contribution in [0.4, 0.5) is 11.5 Å². The highest BCUT2D eigenvalue weighted by molar-refractivity contribution is 6.05. The molecule has 1 unspecified atom stereocenters. The summed E-state index contributed by atoms with van der Waals surface area (Å²) >= 11 is 0. The Morgan fingerprint density at radius 3 is 2.71 bits per heavy atom. The minimum absolute atomic E-state index is 0.162. The number of nitrogens with zero attached hydrogens (tertiary/aromatic N) is 3. The summed E-state index contributed by atoms with van der Waals surface area (Å²) in [7, 11) is 0. The van der Waals surface area contributed by atoms with Gasteiger partial charge in [0.2, 0.25) is 11.8 Å². The van der Waals surface area contributed by atoms with Gasteiger partial charge in [-0.25, -0.2) is 4.98 Å². The summed E-state index contributed by atoms with van der Waals surface area (Å²) < 4.78 is 0. The average molecular weight is 420 g/mol. The summed E-state index contributed by atoms with van der Waals surface area (Å²) in [5.41, 5.74) is 9.25. The van der Waals surface area contributed by atoms with E-state index in [9.17, 15) is 14.4 Å². The van der Waals surface area contributed by atoms with Gasteiger partial charge in [-0.2, -0.15) is 0 Å². The number of aromatic nitrogens is 1. The van der Waals surface area contributed by atoms with Crippen molar-refractivity contribution in [3.05, 3.63) is 53.2 Å². The summed E-state index contributed by atoms with van der Waals surface area (Å²) in [6.45, 7) is 2.56. The minimum atomic E-state index is -0.607. The number of pyridine rings is 1. The maximum atomic E-state index is 12.9. The molecule has 5 rings (SSSR count). The first-order valence-corrected chi connectivity index (χ1v) is 10.5. The van der Waals surface area contributed by atoms with E-state index in [0.29, 0.717) is 25.1 Å². The van der Waals surface area contributed by atoms with Crippen LogP contribution >= 0.6 is 0 Å². The number of carbonyl (C=O) groups is 3. The molecule has 160 valence electrons. The fourth-order valence-electron chi connectivity index (χ4n) is 4.39. The second-order valence-corrected chi connectivity index (χ2v) is 8.27. The van der Waals surface area contributed by atoms with Crippen LogP contribution in [0.1, 0.15) is 34.3 Å². The van der Waals surface area contributed by atoms with Crippen molar-refractivity contribution < 1.29 is 14.4 Å². The van der Waals surface area contributed by atoms with E-state index < -0.39 is 11.9 Å². The molecule has 9 heteroatoms. The lowest BCUT2D eigenvalue weighted by atomic mass is 10.0. The van der Waals surface area contributed by atoms with Crippen LogP contribution in [0, 0.1) is 0 Å². The molecule has 0 radical (unpaired) electrons. The van der Waals surface area contributed by atoms with Gasteiger partial charge in [0.1, 0.15) is 11.9 Å². The fraction of sp³-hybridized carbons (Fsp3) is 0.364. The van der Waals surface area contributed by atoms with Gasteiger partial charge in [-0.15, -0.1) is 0 Å². The molecule has 9 nitrogen and oxygen atoms in total. The number of piperidine rings is 1. The molecule has 1 atom stereocenters. The van der Waals surface area contributed by atoms with Crippen LogP contribution in [0.5, 0.6) is 0 Å². The van der Waals surface area contributed by atoms with E-state index in [0.717, 1.165) is 35.7 Å². The molecule has 3 aliphatic rings. The Kier molecular flexibility index (Phi) is 4.82. The van der Waals surface area contributed by atoms with Crippen LogP contribution in [-0.4, -0.2) is 52.8 Å². The monoisotopic (exact) mass is 420 g/mol. The van der Waals surface area contributed by atoms with Gasteiger partial charge < -0.3 is 20.9 Å². The number of imide groups is 1. The number of nitrogens with two attached hydrogens (primary N) is 1. The molecule has 2 saturated heterocycles. The van der Waals surface area contributed by atoms with E-state index in [2.05, 4.69) is 20.5 Å². The van der Waals surface area contributed by atoms with Crippen LogP contribution in [-0.2, 0) is 22.7 Å². The van der Waals surface area contributed by atoms with Crippen molar-refractivity contribution in [2.75, 3.05) is 23.3 Å². The molecule has 2 aromatic rings. The van der Waals surface area contributed by atoms with Crippen LogP contribution < -0.4 is 21.3 Å². The second-order valence-electron chi connectivity index (χ2n) is 8.27. The molecule has 2 fully saturated rings. The van der Waals surface area contributed by atoms with Crippen molar-refractivity contribution >= 4 is 29.2 Å². The van der Waals surface area contributed by atoms with Gasteiger partial charge in [0, 0.05) is 44.2 Å². The van der Waals surface area contributed by atoms with Crippen LogP contribution in [0.25, 0.3) is 0 Å². The molecular formula is C22H24N6O3. The molecule has 1 aromatic carbocycles. The zero-order valence-electron chi connectivity index (χ0n) is 17.0. The third-order valence-corrected chi connectivity index (χ3v) is 6.14. The zero-order valence-corrected chi connectivity index (χ0v) is 17.0. The van der Waals surface area contributed by atoms with E-state index in [1.54, 1.807) is 17.2 Å². The van der Waals surface area contributed by atoms with Gasteiger partial charge in [0.05, 0.1) is 11.9 Å². The maximum absolute atomic E-state index is 12.9. The van der Waals surface area contributed by atoms with Crippen molar-refractivity contribution in [3.8, 4) is 0 Å². The van der Waals surface area contributed by atoms with Crippen molar-refractivity contribution in [1.82, 2.24) is 15.2 Å². The number of fused-ring (bicyclic) bond motifs is 1. The first kappa shape index (κ1) is 19.5. The quantitative estimate of drug-likeness (QED) is 0.606. The average Bonchev–Trinajstić information content (AvgIpc) is 3.07. The van der Waals surface area contributed by atoms with Gasteiger partial charge in [-0.3, -0.25) is 19.7 Å². The third-order valence-electron chi connectivity index (χ3n) is 6.14. The van der Waals surface area contributed by atoms with Gasteiger partial charge in [-0.1, -0.05) is 12.1 Å². The predicted molar refractivity (Wildman–Crippen MR) is 114 cm³/mol. The predicted octanol–water partition coefficient (Wildman–Crippen LogP) is 0.602. The van der Waals surface area contributed by atoms with Crippen molar-refractivity contribution in [3.63, 3.8) is 0 Å². The lowest BCUT2D eigenvalue weighted by Gasteiger charge is -2.37. The Hall–Kier alpha value is -3.46. The summed E-state index contributed by atoms with van der Waals surface area (Å²) in [5, 5.41) is 5.70. The van der Waals surface area contributed by atoms with Gasteiger partial charge in [0.25, 0.3) is 5.91 Å². The second kappa shape index (κ2) is 7.66. The third kappa shape index (κ3) is 3.61. The zero-order chi connectivity index (χ0) is 21.5. The fourth-order valence-corrected chi connectivity index (χ4v) is 4.39.